The van der Waals surface area contributed by atoms with Crippen LogP contribution in [0, 0.1) is 35.0 Å². The van der Waals surface area contributed by atoms with E-state index in [2.05, 4.69) is 32.2 Å². The molecule has 0 saturated heterocycles. The third-order valence-corrected chi connectivity index (χ3v) is 7.78. The van der Waals surface area contributed by atoms with E-state index in [4.69, 9.17) is 0 Å². The van der Waals surface area contributed by atoms with Crippen molar-refractivity contribution in [2.24, 2.45) is 35.0 Å². The summed E-state index contributed by atoms with van der Waals surface area (Å²) in [5, 5.41) is 0. The van der Waals surface area contributed by atoms with E-state index in [1.807, 2.05) is 0 Å². The summed E-state index contributed by atoms with van der Waals surface area (Å²) in [7, 11) is 0. The van der Waals surface area contributed by atoms with Crippen LogP contribution in [0.1, 0.15) is 58.3 Å². The molecular formula is C21H30. The summed E-state index contributed by atoms with van der Waals surface area (Å²) in [6, 6.07) is 0. The first-order valence-corrected chi connectivity index (χ1v) is 9.14. The first-order valence-electron chi connectivity index (χ1n) is 9.14. The number of allylic oxidation sites excluding steroid dienone is 4. The van der Waals surface area contributed by atoms with Gasteiger partial charge < -0.3 is 0 Å². The lowest BCUT2D eigenvalue weighted by Gasteiger charge is -2.54. The Kier molecular flexibility index (Phi) is 3.21. The minimum Gasteiger partial charge on any atom is -0.103 e. The van der Waals surface area contributed by atoms with Gasteiger partial charge in [-0.15, -0.1) is 6.58 Å². The molecule has 0 heterocycles. The average molecular weight is 282 g/mol. The summed E-state index contributed by atoms with van der Waals surface area (Å²) < 4.78 is 0. The van der Waals surface area contributed by atoms with E-state index in [1.54, 1.807) is 5.57 Å². The summed E-state index contributed by atoms with van der Waals surface area (Å²) in [5.74, 6) is 4.65. The van der Waals surface area contributed by atoms with Crippen molar-refractivity contribution >= 4 is 0 Å². The molecule has 4 aliphatic carbocycles. The molecule has 0 aromatic heterocycles. The third-order valence-electron chi connectivity index (χ3n) is 7.78. The number of rotatable bonds is 1. The standard InChI is InChI=1S/C21H30/c1-4-16-7-10-20-19-9-6-15-13-14(2)5-8-17(15)18(19)11-12-21(16,20)3/h4,13,16-20H,1-2,5-12H2,3H3/t16-,17-,18?,19?,20?,21+/m0/s1. The van der Waals surface area contributed by atoms with Crippen molar-refractivity contribution in [3.05, 3.63) is 36.5 Å². The smallest absolute Gasteiger partial charge is 0.0166 e. The van der Waals surface area contributed by atoms with Gasteiger partial charge in [-0.1, -0.05) is 36.8 Å². The SMILES string of the molecule is C=C[C@H]1CCC2C3CCC4=CC(=C)CC[C@@H]4C3CC[C@@]21C. The molecule has 3 fully saturated rings. The fourth-order valence-electron chi connectivity index (χ4n) is 6.71. The van der Waals surface area contributed by atoms with Crippen LogP contribution >= 0.6 is 0 Å². The highest BCUT2D eigenvalue weighted by molar-refractivity contribution is 5.29. The normalized spacial score (nSPS) is 48.9. The lowest BCUT2D eigenvalue weighted by atomic mass is 9.51. The van der Waals surface area contributed by atoms with Gasteiger partial charge in [0.15, 0.2) is 0 Å². The molecule has 4 rings (SSSR count). The maximum absolute atomic E-state index is 4.21. The van der Waals surface area contributed by atoms with Crippen LogP contribution < -0.4 is 0 Å². The fourth-order valence-corrected chi connectivity index (χ4v) is 6.71. The van der Waals surface area contributed by atoms with E-state index < -0.39 is 0 Å². The molecule has 0 amide bonds. The van der Waals surface area contributed by atoms with Crippen molar-refractivity contribution in [1.82, 2.24) is 0 Å². The van der Waals surface area contributed by atoms with Crippen LogP contribution in [0.4, 0.5) is 0 Å². The van der Waals surface area contributed by atoms with Crippen LogP contribution in [-0.4, -0.2) is 0 Å². The Bertz CT molecular complexity index is 496. The first-order chi connectivity index (χ1) is 10.1. The molecule has 0 aromatic rings. The van der Waals surface area contributed by atoms with E-state index in [0.29, 0.717) is 5.41 Å². The summed E-state index contributed by atoms with van der Waals surface area (Å²) in [5.41, 5.74) is 3.71. The van der Waals surface area contributed by atoms with Gasteiger partial charge in [0.2, 0.25) is 0 Å². The van der Waals surface area contributed by atoms with Gasteiger partial charge >= 0.3 is 0 Å². The lowest BCUT2D eigenvalue weighted by molar-refractivity contribution is -0.0126. The van der Waals surface area contributed by atoms with Crippen LogP contribution in [0.3, 0.4) is 0 Å². The largest absolute Gasteiger partial charge is 0.103 e. The highest BCUT2D eigenvalue weighted by Gasteiger charge is 2.55. The zero-order valence-electron chi connectivity index (χ0n) is 13.6. The van der Waals surface area contributed by atoms with Gasteiger partial charge in [-0.25, -0.2) is 0 Å². The Morgan fingerprint density at radius 2 is 1.95 bits per heavy atom. The minimum absolute atomic E-state index is 0.572. The Balaban J connectivity index is 1.62. The van der Waals surface area contributed by atoms with E-state index in [0.717, 1.165) is 29.6 Å². The van der Waals surface area contributed by atoms with Crippen molar-refractivity contribution in [3.8, 4) is 0 Å². The second-order valence-corrected chi connectivity index (χ2v) is 8.46. The van der Waals surface area contributed by atoms with E-state index in [1.165, 1.54) is 56.9 Å². The molecule has 0 heteroatoms. The molecule has 0 radical (unpaired) electrons. The minimum atomic E-state index is 0.572. The molecule has 6 atom stereocenters. The zero-order valence-corrected chi connectivity index (χ0v) is 13.6. The van der Waals surface area contributed by atoms with Crippen molar-refractivity contribution < 1.29 is 0 Å². The molecule has 0 N–H and O–H groups in total. The van der Waals surface area contributed by atoms with Crippen molar-refractivity contribution in [2.45, 2.75) is 58.3 Å². The molecule has 0 nitrogen and oxygen atoms in total. The number of fused-ring (bicyclic) bond motifs is 5. The van der Waals surface area contributed by atoms with E-state index >= 15 is 0 Å². The van der Waals surface area contributed by atoms with Gasteiger partial charge in [-0.3, -0.25) is 0 Å². The quantitative estimate of drug-likeness (QED) is 0.524. The van der Waals surface area contributed by atoms with E-state index in [9.17, 15) is 0 Å². The second-order valence-electron chi connectivity index (χ2n) is 8.46. The van der Waals surface area contributed by atoms with Gasteiger partial charge in [0, 0.05) is 0 Å². The van der Waals surface area contributed by atoms with Gasteiger partial charge in [0.1, 0.15) is 0 Å². The van der Waals surface area contributed by atoms with Crippen LogP contribution in [0.15, 0.2) is 36.5 Å². The van der Waals surface area contributed by atoms with Gasteiger partial charge in [-0.05, 0) is 86.4 Å². The second kappa shape index (κ2) is 4.86. The first kappa shape index (κ1) is 13.9. The number of hydrogen-bond acceptors (Lipinski definition) is 0. The molecule has 3 saturated carbocycles. The predicted molar refractivity (Wildman–Crippen MR) is 89.9 cm³/mol. The molecule has 114 valence electrons. The summed E-state index contributed by atoms with van der Waals surface area (Å²) in [6.07, 6.45) is 16.0. The molecule has 0 bridgehead atoms. The summed E-state index contributed by atoms with van der Waals surface area (Å²) in [6.45, 7) is 10.9. The third kappa shape index (κ3) is 1.94. The van der Waals surface area contributed by atoms with Crippen molar-refractivity contribution in [3.63, 3.8) is 0 Å². The predicted octanol–water partition coefficient (Wildman–Crippen LogP) is 5.92. The number of hydrogen-bond donors (Lipinski definition) is 0. The van der Waals surface area contributed by atoms with Gasteiger partial charge in [-0.2, -0.15) is 0 Å². The van der Waals surface area contributed by atoms with Gasteiger partial charge in [0.05, 0.1) is 0 Å². The summed E-state index contributed by atoms with van der Waals surface area (Å²) >= 11 is 0. The van der Waals surface area contributed by atoms with Crippen LogP contribution in [0.5, 0.6) is 0 Å². The molecule has 0 spiro atoms. The topological polar surface area (TPSA) is 0 Å². The average Bonchev–Trinajstić information content (AvgIpc) is 2.83. The molecule has 0 aliphatic heterocycles. The highest BCUT2D eigenvalue weighted by atomic mass is 14.6. The molecule has 0 aromatic carbocycles. The van der Waals surface area contributed by atoms with E-state index in [-0.39, 0.29) is 0 Å². The molecule has 4 aliphatic rings. The summed E-state index contributed by atoms with van der Waals surface area (Å²) in [4.78, 5) is 0. The van der Waals surface area contributed by atoms with Crippen LogP contribution in [0.25, 0.3) is 0 Å². The monoisotopic (exact) mass is 282 g/mol. The highest BCUT2D eigenvalue weighted by Crippen LogP contribution is 2.63. The van der Waals surface area contributed by atoms with Crippen molar-refractivity contribution in [2.75, 3.05) is 0 Å². The lowest BCUT2D eigenvalue weighted by Crippen LogP contribution is -2.45. The maximum Gasteiger partial charge on any atom is -0.0166 e. The Hall–Kier alpha value is -0.780. The van der Waals surface area contributed by atoms with Crippen LogP contribution in [-0.2, 0) is 0 Å². The van der Waals surface area contributed by atoms with Crippen LogP contribution in [0.2, 0.25) is 0 Å². The zero-order chi connectivity index (χ0) is 14.6. The molecule has 3 unspecified atom stereocenters. The fraction of sp³-hybridized carbons (Fsp3) is 0.714. The molecular weight excluding hydrogens is 252 g/mol. The maximum atomic E-state index is 4.21. The van der Waals surface area contributed by atoms with Crippen molar-refractivity contribution in [1.29, 1.82) is 0 Å². The van der Waals surface area contributed by atoms with Gasteiger partial charge in [0.25, 0.3) is 0 Å². The Labute approximate surface area is 130 Å². The Morgan fingerprint density at radius 3 is 2.76 bits per heavy atom. The molecule has 21 heavy (non-hydrogen) atoms. The Morgan fingerprint density at radius 1 is 1.10 bits per heavy atom.